The Bertz CT molecular complexity index is 1290. The van der Waals surface area contributed by atoms with E-state index in [0.717, 1.165) is 43.2 Å². The minimum Gasteiger partial charge on any atom is -0.378 e. The normalized spacial score (nSPS) is 13.1. The highest BCUT2D eigenvalue weighted by molar-refractivity contribution is 7.85. The molecule has 1 amide bonds. The first-order valence-electron chi connectivity index (χ1n) is 10.9. The number of benzene rings is 2. The molecular formula is C24H26N6O5S. The summed E-state index contributed by atoms with van der Waals surface area (Å²) in [5.41, 5.74) is 4.17. The lowest BCUT2D eigenvalue weighted by Gasteiger charge is -2.28. The van der Waals surface area contributed by atoms with Crippen molar-refractivity contribution in [1.29, 1.82) is 5.26 Å². The van der Waals surface area contributed by atoms with E-state index in [1.165, 1.54) is 5.69 Å². The van der Waals surface area contributed by atoms with Crippen molar-refractivity contribution in [2.75, 3.05) is 49.3 Å². The van der Waals surface area contributed by atoms with E-state index in [1.54, 1.807) is 18.3 Å². The lowest BCUT2D eigenvalue weighted by Crippen LogP contribution is -2.36. The van der Waals surface area contributed by atoms with Gasteiger partial charge in [-0.3, -0.25) is 9.35 Å². The zero-order valence-electron chi connectivity index (χ0n) is 19.6. The van der Waals surface area contributed by atoms with Crippen molar-refractivity contribution in [1.82, 2.24) is 15.3 Å². The number of amides is 1. The first-order chi connectivity index (χ1) is 17.2. The molecule has 0 unspecified atom stereocenters. The number of hydrogen-bond donors (Lipinski definition) is 3. The lowest BCUT2D eigenvalue weighted by molar-refractivity contribution is 0.0958. The Morgan fingerprint density at radius 3 is 2.36 bits per heavy atom. The number of nitrogens with one attached hydrogen (secondary N) is 2. The van der Waals surface area contributed by atoms with Crippen molar-refractivity contribution in [3.05, 3.63) is 66.4 Å². The van der Waals surface area contributed by atoms with Gasteiger partial charge in [0.1, 0.15) is 6.54 Å². The topological polar surface area (TPSA) is 158 Å². The van der Waals surface area contributed by atoms with Crippen LogP contribution in [-0.4, -0.2) is 67.9 Å². The fraction of sp³-hybridized carbons (Fsp3) is 0.250. The molecule has 36 heavy (non-hydrogen) atoms. The van der Waals surface area contributed by atoms with E-state index in [1.807, 2.05) is 36.4 Å². The van der Waals surface area contributed by atoms with Gasteiger partial charge in [0.05, 0.1) is 31.2 Å². The van der Waals surface area contributed by atoms with Crippen LogP contribution in [-0.2, 0) is 14.9 Å². The molecule has 1 aliphatic rings. The molecule has 0 radical (unpaired) electrons. The van der Waals surface area contributed by atoms with Crippen LogP contribution in [0.1, 0.15) is 10.4 Å². The highest BCUT2D eigenvalue weighted by Gasteiger charge is 2.11. The number of carbonyl (C=O) groups excluding carboxylic acids is 1. The summed E-state index contributed by atoms with van der Waals surface area (Å²) in [5.74, 6) is 0.214. The fourth-order valence-electron chi connectivity index (χ4n) is 3.30. The molecule has 1 fully saturated rings. The Kier molecular flexibility index (Phi) is 9.29. The van der Waals surface area contributed by atoms with Gasteiger partial charge >= 0.3 is 0 Å². The van der Waals surface area contributed by atoms with E-state index in [-0.39, 0.29) is 12.5 Å². The second kappa shape index (κ2) is 12.6. The van der Waals surface area contributed by atoms with Gasteiger partial charge in [-0.25, -0.2) is 9.97 Å². The molecule has 188 valence electrons. The molecule has 0 atom stereocenters. The van der Waals surface area contributed by atoms with Crippen LogP contribution in [0, 0.1) is 11.3 Å². The summed E-state index contributed by atoms with van der Waals surface area (Å²) >= 11 is 0. The number of carbonyl (C=O) groups is 1. The average Bonchev–Trinajstić information content (AvgIpc) is 2.87. The molecule has 2 heterocycles. The van der Waals surface area contributed by atoms with Crippen LogP contribution in [0.15, 0.2) is 60.8 Å². The summed E-state index contributed by atoms with van der Waals surface area (Å²) < 4.78 is 31.3. The van der Waals surface area contributed by atoms with E-state index in [0.29, 0.717) is 17.8 Å². The van der Waals surface area contributed by atoms with E-state index < -0.39 is 10.1 Å². The Balaban J connectivity index is 0.000000658. The molecular weight excluding hydrogens is 484 g/mol. The molecule has 11 nitrogen and oxygen atoms in total. The van der Waals surface area contributed by atoms with E-state index in [2.05, 4.69) is 37.6 Å². The third-order valence-electron chi connectivity index (χ3n) is 4.93. The average molecular weight is 511 g/mol. The minimum atomic E-state index is -3.67. The van der Waals surface area contributed by atoms with Crippen molar-refractivity contribution < 1.29 is 22.5 Å². The van der Waals surface area contributed by atoms with Gasteiger partial charge in [-0.05, 0) is 42.5 Å². The van der Waals surface area contributed by atoms with Gasteiger partial charge in [0.15, 0.2) is 0 Å². The zero-order valence-corrected chi connectivity index (χ0v) is 20.4. The number of ether oxygens (including phenoxy) is 1. The van der Waals surface area contributed by atoms with Gasteiger partial charge in [-0.15, -0.1) is 0 Å². The van der Waals surface area contributed by atoms with Crippen molar-refractivity contribution in [2.24, 2.45) is 0 Å². The SMILES string of the molecule is CS(=O)(=O)O.N#CCNC(=O)c1ccc(-c2ccnc(Nc3ccc(N4CCOCC4)cc3)n2)cc1. The Morgan fingerprint density at radius 1 is 1.11 bits per heavy atom. The molecule has 12 heteroatoms. The van der Waals surface area contributed by atoms with Crippen molar-refractivity contribution >= 4 is 33.3 Å². The zero-order chi connectivity index (χ0) is 26.0. The maximum Gasteiger partial charge on any atom is 0.261 e. The van der Waals surface area contributed by atoms with Crippen LogP contribution in [0.5, 0.6) is 0 Å². The van der Waals surface area contributed by atoms with Crippen LogP contribution in [0.4, 0.5) is 17.3 Å². The summed E-state index contributed by atoms with van der Waals surface area (Å²) in [6, 6.07) is 18.9. The van der Waals surface area contributed by atoms with Crippen LogP contribution < -0.4 is 15.5 Å². The van der Waals surface area contributed by atoms with Gasteiger partial charge in [0, 0.05) is 41.8 Å². The Labute approximate surface area is 209 Å². The molecule has 1 aromatic heterocycles. The predicted octanol–water partition coefficient (Wildman–Crippen LogP) is 2.48. The summed E-state index contributed by atoms with van der Waals surface area (Å²) in [7, 11) is -3.67. The van der Waals surface area contributed by atoms with Gasteiger partial charge in [0.25, 0.3) is 16.0 Å². The van der Waals surface area contributed by atoms with Crippen LogP contribution in [0.2, 0.25) is 0 Å². The van der Waals surface area contributed by atoms with Crippen molar-refractivity contribution in [3.63, 3.8) is 0 Å². The molecule has 3 aromatic rings. The number of nitriles is 1. The molecule has 0 aliphatic carbocycles. The highest BCUT2D eigenvalue weighted by atomic mass is 32.2. The third-order valence-corrected chi connectivity index (χ3v) is 4.93. The van der Waals surface area contributed by atoms with E-state index in [9.17, 15) is 13.2 Å². The van der Waals surface area contributed by atoms with E-state index >= 15 is 0 Å². The fourth-order valence-corrected chi connectivity index (χ4v) is 3.30. The van der Waals surface area contributed by atoms with Crippen LogP contribution in [0.25, 0.3) is 11.3 Å². The first kappa shape index (κ1) is 26.6. The molecule has 3 N–H and O–H groups in total. The molecule has 0 saturated carbocycles. The maximum absolute atomic E-state index is 11.9. The third kappa shape index (κ3) is 8.62. The highest BCUT2D eigenvalue weighted by Crippen LogP contribution is 2.23. The number of nitrogens with zero attached hydrogens (tertiary/aromatic N) is 4. The van der Waals surface area contributed by atoms with Gasteiger partial charge in [-0.2, -0.15) is 13.7 Å². The van der Waals surface area contributed by atoms with Crippen LogP contribution in [0.3, 0.4) is 0 Å². The minimum absolute atomic E-state index is 0.0189. The monoisotopic (exact) mass is 510 g/mol. The predicted molar refractivity (Wildman–Crippen MR) is 136 cm³/mol. The standard InChI is InChI=1S/C23H22N6O2.CH4O3S/c24-10-12-25-22(30)18-3-1-17(2-4-18)21-9-11-26-23(28-21)27-19-5-7-20(8-6-19)29-13-15-31-16-14-29;1-5(2,3)4/h1-9,11H,12-16H2,(H,25,30)(H,26,27,28);1H3,(H,2,3,4). The summed E-state index contributed by atoms with van der Waals surface area (Å²) in [6.45, 7) is 3.29. The van der Waals surface area contributed by atoms with Crippen LogP contribution >= 0.6 is 0 Å². The molecule has 2 aromatic carbocycles. The summed E-state index contributed by atoms with van der Waals surface area (Å²) in [4.78, 5) is 23.1. The summed E-state index contributed by atoms with van der Waals surface area (Å²) in [6.07, 6.45) is 2.41. The molecule has 4 rings (SSSR count). The Hall–Kier alpha value is -4.05. The smallest absolute Gasteiger partial charge is 0.261 e. The quantitative estimate of drug-likeness (QED) is 0.332. The molecule has 0 bridgehead atoms. The van der Waals surface area contributed by atoms with E-state index in [4.69, 9.17) is 14.6 Å². The lowest BCUT2D eigenvalue weighted by atomic mass is 10.1. The van der Waals surface area contributed by atoms with Crippen molar-refractivity contribution in [3.8, 4) is 17.3 Å². The largest absolute Gasteiger partial charge is 0.378 e. The second-order valence-electron chi connectivity index (χ2n) is 7.69. The molecule has 1 aliphatic heterocycles. The van der Waals surface area contributed by atoms with Gasteiger partial charge < -0.3 is 20.3 Å². The number of aromatic nitrogens is 2. The Morgan fingerprint density at radius 2 is 1.75 bits per heavy atom. The van der Waals surface area contributed by atoms with Crippen molar-refractivity contribution in [2.45, 2.75) is 0 Å². The number of anilines is 3. The number of rotatable bonds is 6. The number of hydrogen-bond acceptors (Lipinski definition) is 9. The second-order valence-corrected chi connectivity index (χ2v) is 9.15. The van der Waals surface area contributed by atoms with Gasteiger partial charge in [-0.1, -0.05) is 12.1 Å². The molecule has 1 saturated heterocycles. The maximum atomic E-state index is 11.9. The molecule has 0 spiro atoms. The van der Waals surface area contributed by atoms with Gasteiger partial charge in [0.2, 0.25) is 5.95 Å². The summed E-state index contributed by atoms with van der Waals surface area (Å²) in [5, 5.41) is 14.3. The number of morpholine rings is 1. The first-order valence-corrected chi connectivity index (χ1v) is 12.8.